The molecule has 1 aliphatic heterocycles. The standard InChI is InChI=1S/C12H13ClN2O/c1-12(7-16-8-12)6-15-5-3-9-10(15)2-4-14-11(9)13/h2-5H,6-8H2,1H3. The molecule has 0 amide bonds. The summed E-state index contributed by atoms with van der Waals surface area (Å²) in [4.78, 5) is 4.08. The highest BCUT2D eigenvalue weighted by atomic mass is 35.5. The van der Waals surface area contributed by atoms with Gasteiger partial charge in [0.2, 0.25) is 0 Å². The van der Waals surface area contributed by atoms with Gasteiger partial charge in [-0.25, -0.2) is 4.98 Å². The first kappa shape index (κ1) is 10.1. The topological polar surface area (TPSA) is 27.1 Å². The minimum Gasteiger partial charge on any atom is -0.380 e. The number of hydrogen-bond acceptors (Lipinski definition) is 2. The Hall–Kier alpha value is -1.06. The Morgan fingerprint density at radius 3 is 3.00 bits per heavy atom. The van der Waals surface area contributed by atoms with Gasteiger partial charge in [0.25, 0.3) is 0 Å². The smallest absolute Gasteiger partial charge is 0.138 e. The fourth-order valence-corrected chi connectivity index (χ4v) is 2.39. The molecular weight excluding hydrogens is 224 g/mol. The van der Waals surface area contributed by atoms with Crippen molar-refractivity contribution in [2.24, 2.45) is 5.41 Å². The maximum atomic E-state index is 6.04. The van der Waals surface area contributed by atoms with Gasteiger partial charge in [-0.1, -0.05) is 18.5 Å². The number of ether oxygens (including phenoxy) is 1. The molecule has 0 saturated carbocycles. The van der Waals surface area contributed by atoms with E-state index in [1.54, 1.807) is 6.20 Å². The molecule has 0 bridgehead atoms. The summed E-state index contributed by atoms with van der Waals surface area (Å²) in [5, 5.41) is 1.60. The van der Waals surface area contributed by atoms with Crippen LogP contribution in [0.4, 0.5) is 0 Å². The number of pyridine rings is 1. The second kappa shape index (κ2) is 3.47. The van der Waals surface area contributed by atoms with Crippen LogP contribution in [0.5, 0.6) is 0 Å². The first-order valence-electron chi connectivity index (χ1n) is 5.35. The normalized spacial score (nSPS) is 18.6. The summed E-state index contributed by atoms with van der Waals surface area (Å²) in [6.07, 6.45) is 3.82. The Balaban J connectivity index is 2.01. The van der Waals surface area contributed by atoms with E-state index in [-0.39, 0.29) is 5.41 Å². The van der Waals surface area contributed by atoms with Gasteiger partial charge in [-0.3, -0.25) is 0 Å². The Labute approximate surface area is 99.0 Å². The van der Waals surface area contributed by atoms with E-state index in [0.29, 0.717) is 5.15 Å². The second-order valence-corrected chi connectivity index (χ2v) is 5.14. The van der Waals surface area contributed by atoms with Gasteiger partial charge in [-0.2, -0.15) is 0 Å². The van der Waals surface area contributed by atoms with Crippen molar-refractivity contribution in [3.05, 3.63) is 29.7 Å². The Bertz CT molecular complexity index is 531. The number of nitrogens with zero attached hydrogens (tertiary/aromatic N) is 2. The summed E-state index contributed by atoms with van der Waals surface area (Å²) in [7, 11) is 0. The number of hydrogen-bond donors (Lipinski definition) is 0. The zero-order chi connectivity index (χ0) is 11.2. The van der Waals surface area contributed by atoms with Gasteiger partial charge >= 0.3 is 0 Å². The highest BCUT2D eigenvalue weighted by molar-refractivity contribution is 6.34. The van der Waals surface area contributed by atoms with E-state index in [4.69, 9.17) is 16.3 Å². The van der Waals surface area contributed by atoms with Crippen LogP contribution in [0.1, 0.15) is 6.92 Å². The predicted octanol–water partition coefficient (Wildman–Crippen LogP) is 2.73. The molecule has 0 aromatic carbocycles. The summed E-state index contributed by atoms with van der Waals surface area (Å²) in [6, 6.07) is 4.03. The lowest BCUT2D eigenvalue weighted by Crippen LogP contribution is -2.42. The molecule has 0 unspecified atom stereocenters. The van der Waals surface area contributed by atoms with Crippen molar-refractivity contribution < 1.29 is 4.74 Å². The molecule has 2 aromatic heterocycles. The van der Waals surface area contributed by atoms with Crippen LogP contribution in [-0.2, 0) is 11.3 Å². The van der Waals surface area contributed by atoms with Gasteiger partial charge in [-0.05, 0) is 12.1 Å². The average molecular weight is 237 g/mol. The highest BCUT2D eigenvalue weighted by Crippen LogP contribution is 2.31. The van der Waals surface area contributed by atoms with Gasteiger partial charge < -0.3 is 9.30 Å². The lowest BCUT2D eigenvalue weighted by Gasteiger charge is -2.38. The van der Waals surface area contributed by atoms with Crippen molar-refractivity contribution in [1.29, 1.82) is 0 Å². The highest BCUT2D eigenvalue weighted by Gasteiger charge is 2.33. The molecule has 0 atom stereocenters. The summed E-state index contributed by atoms with van der Waals surface area (Å²) in [6.45, 7) is 4.89. The molecule has 0 aliphatic carbocycles. The van der Waals surface area contributed by atoms with Crippen LogP contribution in [0, 0.1) is 5.41 Å². The number of rotatable bonds is 2. The minimum absolute atomic E-state index is 0.266. The molecule has 1 fully saturated rings. The van der Waals surface area contributed by atoms with Crippen LogP contribution < -0.4 is 0 Å². The molecule has 16 heavy (non-hydrogen) atoms. The molecule has 0 spiro atoms. The molecule has 3 rings (SSSR count). The number of halogens is 1. The monoisotopic (exact) mass is 236 g/mol. The van der Waals surface area contributed by atoms with E-state index in [2.05, 4.69) is 22.7 Å². The van der Waals surface area contributed by atoms with Gasteiger partial charge in [-0.15, -0.1) is 0 Å². The molecule has 1 aliphatic rings. The van der Waals surface area contributed by atoms with E-state index in [0.717, 1.165) is 30.7 Å². The summed E-state index contributed by atoms with van der Waals surface area (Å²) >= 11 is 6.04. The van der Waals surface area contributed by atoms with E-state index in [1.165, 1.54) is 0 Å². The Kier molecular flexibility index (Phi) is 2.19. The van der Waals surface area contributed by atoms with Crippen molar-refractivity contribution >= 4 is 22.5 Å². The summed E-state index contributed by atoms with van der Waals surface area (Å²) in [5.41, 5.74) is 1.41. The summed E-state index contributed by atoms with van der Waals surface area (Å²) < 4.78 is 7.50. The van der Waals surface area contributed by atoms with Gasteiger partial charge in [0, 0.05) is 29.7 Å². The number of aromatic nitrogens is 2. The average Bonchev–Trinajstić information content (AvgIpc) is 2.61. The number of fused-ring (bicyclic) bond motifs is 1. The van der Waals surface area contributed by atoms with Crippen LogP contribution in [0.15, 0.2) is 24.5 Å². The van der Waals surface area contributed by atoms with Crippen LogP contribution in [0.25, 0.3) is 10.9 Å². The molecule has 4 heteroatoms. The van der Waals surface area contributed by atoms with Crippen LogP contribution in [0.3, 0.4) is 0 Å². The van der Waals surface area contributed by atoms with Crippen molar-refractivity contribution in [2.75, 3.05) is 13.2 Å². The van der Waals surface area contributed by atoms with E-state index >= 15 is 0 Å². The zero-order valence-electron chi connectivity index (χ0n) is 9.11. The quantitative estimate of drug-likeness (QED) is 0.750. The van der Waals surface area contributed by atoms with Crippen molar-refractivity contribution in [3.8, 4) is 0 Å². The van der Waals surface area contributed by atoms with Crippen LogP contribution >= 0.6 is 11.6 Å². The molecule has 3 nitrogen and oxygen atoms in total. The summed E-state index contributed by atoms with van der Waals surface area (Å²) in [5.74, 6) is 0. The van der Waals surface area contributed by atoms with Crippen molar-refractivity contribution in [1.82, 2.24) is 9.55 Å². The van der Waals surface area contributed by atoms with Crippen molar-refractivity contribution in [2.45, 2.75) is 13.5 Å². The molecule has 0 N–H and O–H groups in total. The fourth-order valence-electron chi connectivity index (χ4n) is 2.18. The van der Waals surface area contributed by atoms with Gasteiger partial charge in [0.15, 0.2) is 0 Å². The third-order valence-electron chi connectivity index (χ3n) is 3.10. The first-order chi connectivity index (χ1) is 7.68. The lowest BCUT2D eigenvalue weighted by molar-refractivity contribution is -0.109. The fraction of sp³-hybridized carbons (Fsp3) is 0.417. The molecule has 0 radical (unpaired) electrons. The molecule has 3 heterocycles. The zero-order valence-corrected chi connectivity index (χ0v) is 9.87. The first-order valence-corrected chi connectivity index (χ1v) is 5.73. The molecular formula is C12H13ClN2O. The van der Waals surface area contributed by atoms with Crippen molar-refractivity contribution in [3.63, 3.8) is 0 Å². The lowest BCUT2D eigenvalue weighted by atomic mass is 9.88. The van der Waals surface area contributed by atoms with Gasteiger partial charge in [0.1, 0.15) is 5.15 Å². The second-order valence-electron chi connectivity index (χ2n) is 4.78. The molecule has 84 valence electrons. The molecule has 1 saturated heterocycles. The third kappa shape index (κ3) is 1.51. The largest absolute Gasteiger partial charge is 0.380 e. The third-order valence-corrected chi connectivity index (χ3v) is 3.40. The Morgan fingerprint density at radius 2 is 2.31 bits per heavy atom. The SMILES string of the molecule is CC1(Cn2ccc3c(Cl)nccc32)COC1. The predicted molar refractivity (Wildman–Crippen MR) is 63.7 cm³/mol. The van der Waals surface area contributed by atoms with E-state index < -0.39 is 0 Å². The van der Waals surface area contributed by atoms with Crippen LogP contribution in [0.2, 0.25) is 5.15 Å². The van der Waals surface area contributed by atoms with Gasteiger partial charge in [0.05, 0.1) is 18.7 Å². The maximum Gasteiger partial charge on any atom is 0.138 e. The molecule has 2 aromatic rings. The van der Waals surface area contributed by atoms with Crippen LogP contribution in [-0.4, -0.2) is 22.8 Å². The van der Waals surface area contributed by atoms with E-state index in [9.17, 15) is 0 Å². The maximum absolute atomic E-state index is 6.04. The van der Waals surface area contributed by atoms with E-state index in [1.807, 2.05) is 12.1 Å². The minimum atomic E-state index is 0.266. The Morgan fingerprint density at radius 1 is 1.50 bits per heavy atom.